The summed E-state index contributed by atoms with van der Waals surface area (Å²) in [5, 5.41) is 0. The fraction of sp³-hybridized carbons (Fsp3) is 0.500. The lowest BCUT2D eigenvalue weighted by Crippen LogP contribution is -2.29. The van der Waals surface area contributed by atoms with Gasteiger partial charge in [-0.15, -0.1) is 0 Å². The van der Waals surface area contributed by atoms with Gasteiger partial charge in [0, 0.05) is 17.6 Å². The molecule has 1 fully saturated rings. The lowest BCUT2D eigenvalue weighted by atomic mass is 10.2. The second-order valence-corrected chi connectivity index (χ2v) is 7.27. The molecule has 17 heavy (non-hydrogen) atoms. The van der Waals surface area contributed by atoms with E-state index in [1.54, 1.807) is 4.31 Å². The van der Waals surface area contributed by atoms with E-state index in [4.69, 9.17) is 0 Å². The van der Waals surface area contributed by atoms with Crippen molar-refractivity contribution in [3.8, 4) is 0 Å². The molecule has 0 aromatic heterocycles. The van der Waals surface area contributed by atoms with E-state index in [1.165, 1.54) is 0 Å². The summed E-state index contributed by atoms with van der Waals surface area (Å²) < 4.78 is 27.5. The molecule has 0 unspecified atom stereocenters. The van der Waals surface area contributed by atoms with E-state index in [-0.39, 0.29) is 0 Å². The van der Waals surface area contributed by atoms with Crippen molar-refractivity contribution in [3.63, 3.8) is 0 Å². The summed E-state index contributed by atoms with van der Waals surface area (Å²) >= 11 is 3.39. The SMILES string of the molecule is Cc1cc(Br)cc(C)c1S(=O)(=O)N1CCCC1. The zero-order chi connectivity index (χ0) is 12.6. The van der Waals surface area contributed by atoms with Crippen LogP contribution in [0.3, 0.4) is 0 Å². The molecule has 1 saturated heterocycles. The maximum Gasteiger partial charge on any atom is 0.243 e. The lowest BCUT2D eigenvalue weighted by Gasteiger charge is -2.19. The Morgan fingerprint density at radius 3 is 2.06 bits per heavy atom. The molecule has 0 bridgehead atoms. The zero-order valence-electron chi connectivity index (χ0n) is 10.0. The first-order valence-corrected chi connectivity index (χ1v) is 7.93. The van der Waals surface area contributed by atoms with Crippen LogP contribution >= 0.6 is 15.9 Å². The Kier molecular flexibility index (Phi) is 3.61. The van der Waals surface area contributed by atoms with Gasteiger partial charge in [0.05, 0.1) is 4.90 Å². The van der Waals surface area contributed by atoms with Gasteiger partial charge in [-0.25, -0.2) is 8.42 Å². The Morgan fingerprint density at radius 1 is 1.12 bits per heavy atom. The van der Waals surface area contributed by atoms with Crippen molar-refractivity contribution < 1.29 is 8.42 Å². The van der Waals surface area contributed by atoms with Crippen molar-refractivity contribution in [3.05, 3.63) is 27.7 Å². The van der Waals surface area contributed by atoms with Crippen LogP contribution in [-0.2, 0) is 10.0 Å². The lowest BCUT2D eigenvalue weighted by molar-refractivity contribution is 0.476. The van der Waals surface area contributed by atoms with Gasteiger partial charge in [0.1, 0.15) is 0 Å². The van der Waals surface area contributed by atoms with E-state index >= 15 is 0 Å². The van der Waals surface area contributed by atoms with Gasteiger partial charge in [0.2, 0.25) is 10.0 Å². The number of nitrogens with zero attached hydrogens (tertiary/aromatic N) is 1. The smallest absolute Gasteiger partial charge is 0.207 e. The summed E-state index contributed by atoms with van der Waals surface area (Å²) in [4.78, 5) is 0.475. The van der Waals surface area contributed by atoms with Crippen molar-refractivity contribution in [1.82, 2.24) is 4.31 Å². The van der Waals surface area contributed by atoms with E-state index in [2.05, 4.69) is 15.9 Å². The highest BCUT2D eigenvalue weighted by Gasteiger charge is 2.29. The normalized spacial score (nSPS) is 17.6. The van der Waals surface area contributed by atoms with E-state index < -0.39 is 10.0 Å². The van der Waals surface area contributed by atoms with Crippen molar-refractivity contribution in [2.75, 3.05) is 13.1 Å². The van der Waals surface area contributed by atoms with Gasteiger partial charge in [-0.1, -0.05) is 15.9 Å². The van der Waals surface area contributed by atoms with Crippen LogP contribution in [0.25, 0.3) is 0 Å². The highest BCUT2D eigenvalue weighted by atomic mass is 79.9. The third kappa shape index (κ3) is 2.41. The van der Waals surface area contributed by atoms with Crippen LogP contribution < -0.4 is 0 Å². The van der Waals surface area contributed by atoms with Gasteiger partial charge >= 0.3 is 0 Å². The molecule has 1 aliphatic rings. The summed E-state index contributed by atoms with van der Waals surface area (Å²) in [6, 6.07) is 3.71. The largest absolute Gasteiger partial charge is 0.243 e. The number of hydrogen-bond donors (Lipinski definition) is 0. The molecule has 0 amide bonds. The summed E-state index contributed by atoms with van der Waals surface area (Å²) in [6.07, 6.45) is 1.93. The number of aryl methyl sites for hydroxylation is 2. The Bertz CT molecular complexity index is 510. The maximum absolute atomic E-state index is 12.5. The average Bonchev–Trinajstić information content (AvgIpc) is 2.67. The Labute approximate surface area is 111 Å². The molecule has 94 valence electrons. The first-order valence-electron chi connectivity index (χ1n) is 5.70. The monoisotopic (exact) mass is 317 g/mol. The standard InChI is InChI=1S/C12H16BrNO2S/c1-9-7-11(13)8-10(2)12(9)17(15,16)14-5-3-4-6-14/h7-8H,3-6H2,1-2H3. The Balaban J connectivity index is 2.53. The average molecular weight is 318 g/mol. The minimum absolute atomic E-state index is 0.475. The second kappa shape index (κ2) is 4.71. The van der Waals surface area contributed by atoms with Gasteiger partial charge in [-0.05, 0) is 49.9 Å². The molecule has 5 heteroatoms. The fourth-order valence-corrected chi connectivity index (χ4v) is 4.98. The van der Waals surface area contributed by atoms with Crippen molar-refractivity contribution >= 4 is 26.0 Å². The van der Waals surface area contributed by atoms with Gasteiger partial charge < -0.3 is 0 Å². The summed E-state index contributed by atoms with van der Waals surface area (Å²) in [5.41, 5.74) is 1.62. The number of hydrogen-bond acceptors (Lipinski definition) is 2. The van der Waals surface area contributed by atoms with Crippen LogP contribution in [0.5, 0.6) is 0 Å². The van der Waals surface area contributed by atoms with Crippen LogP contribution in [0, 0.1) is 13.8 Å². The molecule has 0 saturated carbocycles. The van der Waals surface area contributed by atoms with Crippen LogP contribution in [0.15, 0.2) is 21.5 Å². The quantitative estimate of drug-likeness (QED) is 0.841. The van der Waals surface area contributed by atoms with Crippen LogP contribution in [-0.4, -0.2) is 25.8 Å². The van der Waals surface area contributed by atoms with Gasteiger partial charge in [0.15, 0.2) is 0 Å². The highest BCUT2D eigenvalue weighted by Crippen LogP contribution is 2.29. The van der Waals surface area contributed by atoms with Crippen LogP contribution in [0.4, 0.5) is 0 Å². The fourth-order valence-electron chi connectivity index (χ4n) is 2.36. The number of halogens is 1. The molecule has 1 aromatic rings. The minimum Gasteiger partial charge on any atom is -0.207 e. The Morgan fingerprint density at radius 2 is 1.59 bits per heavy atom. The molecule has 0 spiro atoms. The predicted octanol–water partition coefficient (Wildman–Crippen LogP) is 2.85. The minimum atomic E-state index is -3.30. The van der Waals surface area contributed by atoms with E-state index in [0.29, 0.717) is 18.0 Å². The van der Waals surface area contributed by atoms with E-state index in [1.807, 2.05) is 26.0 Å². The van der Waals surface area contributed by atoms with Crippen molar-refractivity contribution in [2.45, 2.75) is 31.6 Å². The number of rotatable bonds is 2. The molecule has 2 rings (SSSR count). The number of sulfonamides is 1. The molecule has 0 atom stereocenters. The molecule has 1 heterocycles. The third-order valence-electron chi connectivity index (χ3n) is 3.09. The first-order chi connectivity index (χ1) is 7.93. The Hall–Kier alpha value is -0.390. The topological polar surface area (TPSA) is 37.4 Å². The molecule has 0 N–H and O–H groups in total. The molecule has 1 aromatic carbocycles. The molecule has 1 aliphatic heterocycles. The molecular weight excluding hydrogens is 302 g/mol. The first kappa shape index (κ1) is 13.1. The van der Waals surface area contributed by atoms with Gasteiger partial charge in [-0.3, -0.25) is 0 Å². The summed E-state index contributed by atoms with van der Waals surface area (Å²) in [6.45, 7) is 5.00. The molecular formula is C12H16BrNO2S. The van der Waals surface area contributed by atoms with Crippen molar-refractivity contribution in [2.24, 2.45) is 0 Å². The van der Waals surface area contributed by atoms with Crippen molar-refractivity contribution in [1.29, 1.82) is 0 Å². The third-order valence-corrected chi connectivity index (χ3v) is 5.75. The van der Waals surface area contributed by atoms with Crippen LogP contribution in [0.1, 0.15) is 24.0 Å². The van der Waals surface area contributed by atoms with E-state index in [9.17, 15) is 8.42 Å². The van der Waals surface area contributed by atoms with E-state index in [0.717, 1.165) is 28.4 Å². The molecule has 0 radical (unpaired) electrons. The summed E-state index contributed by atoms with van der Waals surface area (Å²) in [7, 11) is -3.30. The number of benzene rings is 1. The highest BCUT2D eigenvalue weighted by molar-refractivity contribution is 9.10. The molecule has 3 nitrogen and oxygen atoms in total. The summed E-state index contributed by atoms with van der Waals surface area (Å²) in [5.74, 6) is 0. The van der Waals surface area contributed by atoms with Gasteiger partial charge in [0.25, 0.3) is 0 Å². The van der Waals surface area contributed by atoms with Gasteiger partial charge in [-0.2, -0.15) is 4.31 Å². The second-order valence-electron chi connectivity index (χ2n) is 4.48. The predicted molar refractivity (Wildman–Crippen MR) is 71.6 cm³/mol. The maximum atomic E-state index is 12.5. The van der Waals surface area contributed by atoms with Crippen LogP contribution in [0.2, 0.25) is 0 Å². The zero-order valence-corrected chi connectivity index (χ0v) is 12.4. The molecule has 0 aliphatic carbocycles.